The van der Waals surface area contributed by atoms with Crippen LogP contribution in [0.5, 0.6) is 0 Å². The van der Waals surface area contributed by atoms with Crippen molar-refractivity contribution in [2.75, 3.05) is 18.2 Å². The summed E-state index contributed by atoms with van der Waals surface area (Å²) in [6, 6.07) is 4.89. The molecule has 0 fully saturated rings. The molecule has 0 saturated heterocycles. The number of nitrogens with one attached hydrogen (secondary N) is 1. The Hall–Kier alpha value is -2.57. The third-order valence-electron chi connectivity index (χ3n) is 2.43. The number of aromatic nitrogens is 2. The topological polar surface area (TPSA) is 103 Å². The number of carbonyl (C=O) groups is 1. The van der Waals surface area contributed by atoms with Crippen LogP contribution in [0.4, 0.5) is 11.5 Å². The van der Waals surface area contributed by atoms with Gasteiger partial charge >= 0.3 is 5.97 Å². The van der Waals surface area contributed by atoms with Crippen LogP contribution < -0.4 is 11.1 Å². The molecule has 0 aliphatic carbocycles. The van der Waals surface area contributed by atoms with Crippen molar-refractivity contribution in [1.29, 1.82) is 0 Å². The molecule has 2 rings (SSSR count). The molecule has 7 nitrogen and oxygen atoms in total. The number of esters is 1. The van der Waals surface area contributed by atoms with Crippen molar-refractivity contribution in [2.24, 2.45) is 0 Å². The molecular weight excluding hydrogens is 248 g/mol. The zero-order valence-electron chi connectivity index (χ0n) is 10.6. The van der Waals surface area contributed by atoms with E-state index in [9.17, 15) is 4.79 Å². The second-order valence-electron chi connectivity index (χ2n) is 3.91. The third-order valence-corrected chi connectivity index (χ3v) is 2.43. The predicted molar refractivity (Wildman–Crippen MR) is 68.6 cm³/mol. The Balaban J connectivity index is 2.12. The summed E-state index contributed by atoms with van der Waals surface area (Å²) in [6.07, 6.45) is 0. The standard InChI is InChI=1S/C12H14N4O3/c1-7-5-8(19-16-7)6-14-11-9(13)3-4-10(15-11)12(17)18-2/h3-5H,6,13H2,1-2H3,(H,14,15). The van der Waals surface area contributed by atoms with Gasteiger partial charge in [-0.15, -0.1) is 0 Å². The van der Waals surface area contributed by atoms with Crippen LogP contribution in [0.2, 0.25) is 0 Å². The van der Waals surface area contributed by atoms with Gasteiger partial charge in [0, 0.05) is 6.07 Å². The van der Waals surface area contributed by atoms with Crippen LogP contribution in [0.25, 0.3) is 0 Å². The Morgan fingerprint density at radius 3 is 2.95 bits per heavy atom. The summed E-state index contributed by atoms with van der Waals surface area (Å²) in [5, 5.41) is 6.75. The summed E-state index contributed by atoms with van der Waals surface area (Å²) in [5.41, 5.74) is 7.19. The van der Waals surface area contributed by atoms with Crippen molar-refractivity contribution < 1.29 is 14.1 Å². The molecule has 0 radical (unpaired) electrons. The normalized spacial score (nSPS) is 10.2. The van der Waals surface area contributed by atoms with Crippen LogP contribution in [-0.2, 0) is 11.3 Å². The Labute approximate surface area is 109 Å². The number of nitrogen functional groups attached to an aromatic ring is 1. The summed E-state index contributed by atoms with van der Waals surface area (Å²) in [4.78, 5) is 15.5. The van der Waals surface area contributed by atoms with Crippen molar-refractivity contribution in [2.45, 2.75) is 13.5 Å². The minimum absolute atomic E-state index is 0.188. The third kappa shape index (κ3) is 3.01. The molecule has 3 N–H and O–H groups in total. The van der Waals surface area contributed by atoms with Crippen LogP contribution in [0, 0.1) is 6.92 Å². The van der Waals surface area contributed by atoms with Crippen molar-refractivity contribution >= 4 is 17.5 Å². The number of nitrogens with zero attached hydrogens (tertiary/aromatic N) is 2. The van der Waals surface area contributed by atoms with E-state index in [1.54, 1.807) is 12.1 Å². The van der Waals surface area contributed by atoms with E-state index >= 15 is 0 Å². The van der Waals surface area contributed by atoms with Gasteiger partial charge in [0.15, 0.2) is 17.3 Å². The number of nitrogens with two attached hydrogens (primary N) is 1. The molecule has 0 amide bonds. The highest BCUT2D eigenvalue weighted by atomic mass is 16.5. The Kier molecular flexibility index (Phi) is 3.65. The van der Waals surface area contributed by atoms with Gasteiger partial charge in [-0.05, 0) is 19.1 Å². The number of aryl methyl sites for hydroxylation is 1. The lowest BCUT2D eigenvalue weighted by Gasteiger charge is -2.08. The van der Waals surface area contributed by atoms with Crippen LogP contribution in [0.1, 0.15) is 21.9 Å². The zero-order valence-corrected chi connectivity index (χ0v) is 10.6. The molecule has 0 aromatic carbocycles. The summed E-state index contributed by atoms with van der Waals surface area (Å²) in [7, 11) is 1.30. The van der Waals surface area contributed by atoms with E-state index in [1.165, 1.54) is 13.2 Å². The molecule has 0 spiro atoms. The first-order chi connectivity index (χ1) is 9.10. The van der Waals surface area contributed by atoms with Gasteiger partial charge in [0.05, 0.1) is 25.0 Å². The van der Waals surface area contributed by atoms with E-state index in [4.69, 9.17) is 10.3 Å². The second-order valence-corrected chi connectivity index (χ2v) is 3.91. The molecule has 0 bridgehead atoms. The smallest absolute Gasteiger partial charge is 0.356 e. The minimum Gasteiger partial charge on any atom is -0.464 e. The van der Waals surface area contributed by atoms with Crippen molar-refractivity contribution in [1.82, 2.24) is 10.1 Å². The molecule has 2 aromatic rings. The van der Waals surface area contributed by atoms with Gasteiger partial charge in [-0.3, -0.25) is 0 Å². The van der Waals surface area contributed by atoms with Crippen molar-refractivity contribution in [3.05, 3.63) is 35.3 Å². The Morgan fingerprint density at radius 2 is 2.32 bits per heavy atom. The van der Waals surface area contributed by atoms with Gasteiger partial charge in [0.25, 0.3) is 0 Å². The lowest BCUT2D eigenvalue weighted by atomic mass is 10.3. The first kappa shape index (κ1) is 12.9. The van der Waals surface area contributed by atoms with Crippen LogP contribution in [-0.4, -0.2) is 23.2 Å². The van der Waals surface area contributed by atoms with Crippen LogP contribution in [0.3, 0.4) is 0 Å². The average molecular weight is 262 g/mol. The number of carbonyl (C=O) groups excluding carboxylic acids is 1. The highest BCUT2D eigenvalue weighted by molar-refractivity contribution is 5.88. The van der Waals surface area contributed by atoms with E-state index in [0.717, 1.165) is 5.69 Å². The maximum atomic E-state index is 11.4. The summed E-state index contributed by atoms with van der Waals surface area (Å²) >= 11 is 0. The summed E-state index contributed by atoms with van der Waals surface area (Å²) in [6.45, 7) is 2.21. The Morgan fingerprint density at radius 1 is 1.53 bits per heavy atom. The number of anilines is 2. The first-order valence-electron chi connectivity index (χ1n) is 5.61. The van der Waals surface area contributed by atoms with Crippen molar-refractivity contribution in [3.8, 4) is 0 Å². The highest BCUT2D eigenvalue weighted by Crippen LogP contribution is 2.17. The van der Waals surface area contributed by atoms with E-state index in [2.05, 4.69) is 20.2 Å². The molecule has 19 heavy (non-hydrogen) atoms. The molecule has 0 unspecified atom stereocenters. The maximum absolute atomic E-state index is 11.4. The molecule has 0 saturated carbocycles. The van der Waals surface area contributed by atoms with Gasteiger partial charge in [-0.1, -0.05) is 5.16 Å². The number of hydrogen-bond acceptors (Lipinski definition) is 7. The molecule has 100 valence electrons. The average Bonchev–Trinajstić information content (AvgIpc) is 2.82. The zero-order chi connectivity index (χ0) is 13.8. The molecule has 7 heteroatoms. The lowest BCUT2D eigenvalue weighted by Crippen LogP contribution is -2.09. The number of rotatable bonds is 4. The SMILES string of the molecule is COC(=O)c1ccc(N)c(NCc2cc(C)no2)n1. The highest BCUT2D eigenvalue weighted by Gasteiger charge is 2.10. The second kappa shape index (κ2) is 5.38. The molecular formula is C12H14N4O3. The Bertz CT molecular complexity index is 594. The number of hydrogen-bond donors (Lipinski definition) is 2. The largest absolute Gasteiger partial charge is 0.464 e. The fraction of sp³-hybridized carbons (Fsp3) is 0.250. The van der Waals surface area contributed by atoms with E-state index in [0.29, 0.717) is 23.8 Å². The number of pyridine rings is 1. The van der Waals surface area contributed by atoms with Crippen LogP contribution >= 0.6 is 0 Å². The van der Waals surface area contributed by atoms with Gasteiger partial charge < -0.3 is 20.3 Å². The maximum Gasteiger partial charge on any atom is 0.356 e. The fourth-order valence-electron chi connectivity index (χ4n) is 1.50. The molecule has 0 atom stereocenters. The van der Waals surface area contributed by atoms with Crippen molar-refractivity contribution in [3.63, 3.8) is 0 Å². The monoisotopic (exact) mass is 262 g/mol. The van der Waals surface area contributed by atoms with Crippen LogP contribution in [0.15, 0.2) is 22.7 Å². The van der Waals surface area contributed by atoms with Gasteiger partial charge in [-0.25, -0.2) is 9.78 Å². The van der Waals surface area contributed by atoms with E-state index < -0.39 is 5.97 Å². The lowest BCUT2D eigenvalue weighted by molar-refractivity contribution is 0.0594. The quantitative estimate of drug-likeness (QED) is 0.801. The van der Waals surface area contributed by atoms with Gasteiger partial charge in [-0.2, -0.15) is 0 Å². The van der Waals surface area contributed by atoms with Gasteiger partial charge in [0.2, 0.25) is 0 Å². The molecule has 0 aliphatic heterocycles. The van der Waals surface area contributed by atoms with Gasteiger partial charge in [0.1, 0.15) is 0 Å². The molecule has 2 heterocycles. The number of methoxy groups -OCH3 is 1. The predicted octanol–water partition coefficient (Wildman–Crippen LogP) is 1.36. The minimum atomic E-state index is -0.515. The summed E-state index contributed by atoms with van der Waals surface area (Å²) < 4.78 is 9.65. The first-order valence-corrected chi connectivity index (χ1v) is 5.61. The molecule has 0 aliphatic rings. The summed E-state index contributed by atoms with van der Waals surface area (Å²) in [5.74, 6) is 0.540. The number of ether oxygens (including phenoxy) is 1. The molecule has 2 aromatic heterocycles. The van der Waals surface area contributed by atoms with E-state index in [-0.39, 0.29) is 5.69 Å². The fourth-order valence-corrected chi connectivity index (χ4v) is 1.50. The van der Waals surface area contributed by atoms with E-state index in [1.807, 2.05) is 6.92 Å².